The van der Waals surface area contributed by atoms with E-state index in [1.807, 2.05) is 26.0 Å². The van der Waals surface area contributed by atoms with E-state index in [2.05, 4.69) is 5.32 Å². The van der Waals surface area contributed by atoms with Crippen LogP contribution in [0.5, 0.6) is 0 Å². The highest BCUT2D eigenvalue weighted by Gasteiger charge is 2.13. The van der Waals surface area contributed by atoms with Gasteiger partial charge in [0.25, 0.3) is 0 Å². The summed E-state index contributed by atoms with van der Waals surface area (Å²) < 4.78 is 0. The summed E-state index contributed by atoms with van der Waals surface area (Å²) in [5.41, 5.74) is 0.864. The molecule has 0 aliphatic rings. The predicted octanol–water partition coefficient (Wildman–Crippen LogP) is 2.49. The molecule has 1 aromatic rings. The molecule has 2 N–H and O–H groups in total. The summed E-state index contributed by atoms with van der Waals surface area (Å²) in [4.78, 5) is 11.6. The Morgan fingerprint density at radius 2 is 2.22 bits per heavy atom. The molecule has 0 aromatic heterocycles. The maximum Gasteiger partial charge on any atom is 0.244 e. The average molecular weight is 268 g/mol. The lowest BCUT2D eigenvalue weighted by atomic mass is 10.1. The molecule has 0 bridgehead atoms. The van der Waals surface area contributed by atoms with Crippen molar-refractivity contribution in [3.63, 3.8) is 0 Å². The topological polar surface area (TPSA) is 49.3 Å². The van der Waals surface area contributed by atoms with Crippen molar-refractivity contribution in [2.75, 3.05) is 6.61 Å². The van der Waals surface area contributed by atoms with E-state index in [9.17, 15) is 4.79 Å². The minimum Gasteiger partial charge on any atom is -0.394 e. The summed E-state index contributed by atoms with van der Waals surface area (Å²) in [6, 6.07) is 7.02. The molecular formula is C14H18ClNO2. The molecule has 1 amide bonds. The van der Waals surface area contributed by atoms with Gasteiger partial charge in [-0.05, 0) is 29.7 Å². The van der Waals surface area contributed by atoms with E-state index in [0.29, 0.717) is 5.02 Å². The maximum absolute atomic E-state index is 11.6. The zero-order valence-corrected chi connectivity index (χ0v) is 11.3. The van der Waals surface area contributed by atoms with Crippen LogP contribution in [-0.4, -0.2) is 23.7 Å². The van der Waals surface area contributed by atoms with Gasteiger partial charge in [0.1, 0.15) is 0 Å². The molecule has 0 fully saturated rings. The van der Waals surface area contributed by atoms with Gasteiger partial charge in [-0.3, -0.25) is 4.79 Å². The maximum atomic E-state index is 11.6. The van der Waals surface area contributed by atoms with Gasteiger partial charge in [0.2, 0.25) is 5.91 Å². The first-order chi connectivity index (χ1) is 8.52. The molecule has 1 aromatic carbocycles. The van der Waals surface area contributed by atoms with Crippen molar-refractivity contribution >= 4 is 23.6 Å². The Morgan fingerprint density at radius 3 is 2.78 bits per heavy atom. The number of amides is 1. The van der Waals surface area contributed by atoms with Gasteiger partial charge >= 0.3 is 0 Å². The van der Waals surface area contributed by atoms with Crippen LogP contribution < -0.4 is 5.32 Å². The summed E-state index contributed by atoms with van der Waals surface area (Å²) in [6.07, 6.45) is 3.13. The second-order valence-corrected chi connectivity index (χ2v) is 4.87. The van der Waals surface area contributed by atoms with Gasteiger partial charge in [0.15, 0.2) is 0 Å². The molecule has 3 nitrogen and oxygen atoms in total. The number of nitrogens with one attached hydrogen (secondary N) is 1. The van der Waals surface area contributed by atoms with Crippen LogP contribution in [0.1, 0.15) is 19.4 Å². The van der Waals surface area contributed by atoms with Crippen LogP contribution in [0.25, 0.3) is 6.08 Å². The van der Waals surface area contributed by atoms with Crippen molar-refractivity contribution in [2.45, 2.75) is 19.9 Å². The Morgan fingerprint density at radius 1 is 1.50 bits per heavy atom. The van der Waals surface area contributed by atoms with Crippen LogP contribution in [0.2, 0.25) is 5.02 Å². The second-order valence-electron chi connectivity index (χ2n) is 4.43. The molecule has 18 heavy (non-hydrogen) atoms. The van der Waals surface area contributed by atoms with Gasteiger partial charge in [-0.1, -0.05) is 37.6 Å². The Bertz CT molecular complexity index is 430. The molecule has 0 saturated heterocycles. The third-order valence-electron chi connectivity index (χ3n) is 2.60. The summed E-state index contributed by atoms with van der Waals surface area (Å²) in [7, 11) is 0. The molecule has 0 aliphatic carbocycles. The van der Waals surface area contributed by atoms with Crippen LogP contribution in [0.3, 0.4) is 0 Å². The molecule has 0 saturated carbocycles. The highest BCUT2D eigenvalue weighted by Crippen LogP contribution is 2.11. The van der Waals surface area contributed by atoms with Gasteiger partial charge in [-0.2, -0.15) is 0 Å². The van der Waals surface area contributed by atoms with Crippen molar-refractivity contribution in [1.29, 1.82) is 0 Å². The van der Waals surface area contributed by atoms with Crippen LogP contribution in [0.4, 0.5) is 0 Å². The van der Waals surface area contributed by atoms with Crippen LogP contribution in [-0.2, 0) is 4.79 Å². The van der Waals surface area contributed by atoms with E-state index in [1.165, 1.54) is 6.08 Å². The fourth-order valence-corrected chi connectivity index (χ4v) is 1.63. The lowest BCUT2D eigenvalue weighted by Crippen LogP contribution is -2.40. The third kappa shape index (κ3) is 4.90. The minimum atomic E-state index is -0.221. The quantitative estimate of drug-likeness (QED) is 0.806. The van der Waals surface area contributed by atoms with Crippen LogP contribution >= 0.6 is 11.6 Å². The van der Waals surface area contributed by atoms with E-state index in [1.54, 1.807) is 18.2 Å². The number of carbonyl (C=O) groups is 1. The normalized spacial score (nSPS) is 12.9. The summed E-state index contributed by atoms with van der Waals surface area (Å²) in [5.74, 6) is -0.0266. The first-order valence-corrected chi connectivity index (χ1v) is 6.25. The number of halogens is 1. The third-order valence-corrected chi connectivity index (χ3v) is 2.84. The van der Waals surface area contributed by atoms with Crippen molar-refractivity contribution in [3.8, 4) is 0 Å². The van der Waals surface area contributed by atoms with Crippen molar-refractivity contribution in [3.05, 3.63) is 40.9 Å². The minimum absolute atomic E-state index is 0.0611. The van der Waals surface area contributed by atoms with E-state index in [4.69, 9.17) is 16.7 Å². The molecule has 0 aliphatic heterocycles. The Kier molecular flexibility index (Phi) is 5.89. The average Bonchev–Trinajstić information content (AvgIpc) is 2.33. The Labute approximate surface area is 112 Å². The molecule has 4 heteroatoms. The first-order valence-electron chi connectivity index (χ1n) is 5.88. The lowest BCUT2D eigenvalue weighted by Gasteiger charge is -2.18. The molecule has 1 unspecified atom stereocenters. The van der Waals surface area contributed by atoms with Crippen molar-refractivity contribution in [2.24, 2.45) is 5.92 Å². The molecule has 0 radical (unpaired) electrons. The zero-order valence-electron chi connectivity index (χ0n) is 10.6. The van der Waals surface area contributed by atoms with E-state index in [-0.39, 0.29) is 24.5 Å². The van der Waals surface area contributed by atoms with E-state index in [0.717, 1.165) is 5.56 Å². The number of hydrogen-bond acceptors (Lipinski definition) is 2. The van der Waals surface area contributed by atoms with E-state index >= 15 is 0 Å². The highest BCUT2D eigenvalue weighted by atomic mass is 35.5. The number of rotatable bonds is 5. The summed E-state index contributed by atoms with van der Waals surface area (Å²) >= 11 is 5.84. The largest absolute Gasteiger partial charge is 0.394 e. The second kappa shape index (κ2) is 7.19. The fraction of sp³-hybridized carbons (Fsp3) is 0.357. The number of carbonyl (C=O) groups excluding carboxylic acids is 1. The number of aliphatic hydroxyl groups is 1. The molecule has 98 valence electrons. The van der Waals surface area contributed by atoms with Gasteiger partial charge < -0.3 is 10.4 Å². The van der Waals surface area contributed by atoms with Crippen molar-refractivity contribution < 1.29 is 9.90 Å². The highest BCUT2D eigenvalue weighted by molar-refractivity contribution is 6.30. The molecule has 1 rings (SSSR count). The summed E-state index contributed by atoms with van der Waals surface area (Å²) in [5, 5.41) is 12.5. The number of aliphatic hydroxyl groups excluding tert-OH is 1. The lowest BCUT2D eigenvalue weighted by molar-refractivity contribution is -0.117. The standard InChI is InChI=1S/C14H18ClNO2/c1-10(2)13(9-17)16-14(18)7-6-11-4-3-5-12(15)8-11/h3-8,10,13,17H,9H2,1-2H3,(H,16,18). The molecular weight excluding hydrogens is 250 g/mol. The fourth-order valence-electron chi connectivity index (χ4n) is 1.44. The van der Waals surface area contributed by atoms with Crippen molar-refractivity contribution in [1.82, 2.24) is 5.32 Å². The molecule has 1 atom stereocenters. The monoisotopic (exact) mass is 267 g/mol. The first kappa shape index (κ1) is 14.7. The number of benzene rings is 1. The van der Waals surface area contributed by atoms with Crippen LogP contribution in [0, 0.1) is 5.92 Å². The SMILES string of the molecule is CC(C)C(CO)NC(=O)C=Cc1cccc(Cl)c1. The predicted molar refractivity (Wildman–Crippen MR) is 74.3 cm³/mol. The van der Waals surface area contributed by atoms with Gasteiger partial charge in [0.05, 0.1) is 12.6 Å². The summed E-state index contributed by atoms with van der Waals surface area (Å²) in [6.45, 7) is 3.83. The van der Waals surface area contributed by atoms with Crippen LogP contribution in [0.15, 0.2) is 30.3 Å². The van der Waals surface area contributed by atoms with Gasteiger partial charge in [-0.25, -0.2) is 0 Å². The smallest absolute Gasteiger partial charge is 0.244 e. The van der Waals surface area contributed by atoms with Gasteiger partial charge in [-0.15, -0.1) is 0 Å². The Balaban J connectivity index is 2.59. The zero-order chi connectivity index (χ0) is 13.5. The van der Waals surface area contributed by atoms with E-state index < -0.39 is 0 Å². The Hall–Kier alpha value is -1.32. The molecule has 0 spiro atoms. The molecule has 0 heterocycles. The van der Waals surface area contributed by atoms with Gasteiger partial charge in [0, 0.05) is 11.1 Å². The number of hydrogen-bond donors (Lipinski definition) is 2.